The smallest absolute Gasteiger partial charge is 0.0497 e. The minimum atomic E-state index is 0.780. The zero-order valence-corrected chi connectivity index (χ0v) is 8.75. The van der Waals surface area contributed by atoms with Gasteiger partial charge in [-0.3, -0.25) is 0 Å². The number of rotatable bonds is 3. The fourth-order valence-corrected chi connectivity index (χ4v) is 4.41. The summed E-state index contributed by atoms with van der Waals surface area (Å²) in [4.78, 5) is 0. The van der Waals surface area contributed by atoms with Crippen LogP contribution in [0.1, 0.15) is 33.1 Å². The lowest BCUT2D eigenvalue weighted by atomic mass is 9.41. The van der Waals surface area contributed by atoms with Crippen molar-refractivity contribution in [1.29, 1.82) is 0 Å². The van der Waals surface area contributed by atoms with Gasteiger partial charge in [-0.1, -0.05) is 6.92 Å². The van der Waals surface area contributed by atoms with Gasteiger partial charge in [-0.2, -0.15) is 0 Å². The molecule has 3 rings (SSSR count). The minimum Gasteiger partial charge on any atom is -0.381 e. The minimum absolute atomic E-state index is 0.780. The molecule has 0 radical (unpaired) electrons. The van der Waals surface area contributed by atoms with Crippen molar-refractivity contribution in [3.8, 4) is 0 Å². The quantitative estimate of drug-likeness (QED) is 0.649. The zero-order valence-electron chi connectivity index (χ0n) is 8.75. The van der Waals surface area contributed by atoms with Gasteiger partial charge in [-0.05, 0) is 55.3 Å². The van der Waals surface area contributed by atoms with Gasteiger partial charge in [-0.15, -0.1) is 0 Å². The molecular weight excluding hydrogens is 160 g/mol. The molecule has 5 atom stereocenters. The first-order valence-corrected chi connectivity index (χ1v) is 5.84. The van der Waals surface area contributed by atoms with Gasteiger partial charge in [0.25, 0.3) is 0 Å². The molecule has 0 bridgehead atoms. The fourth-order valence-electron chi connectivity index (χ4n) is 4.41. The van der Waals surface area contributed by atoms with Crippen molar-refractivity contribution < 1.29 is 4.74 Å². The summed E-state index contributed by atoms with van der Waals surface area (Å²) in [5, 5.41) is 0. The second-order valence-electron chi connectivity index (χ2n) is 5.49. The van der Waals surface area contributed by atoms with Crippen LogP contribution in [0.2, 0.25) is 0 Å². The molecule has 0 aromatic carbocycles. The monoisotopic (exact) mass is 180 g/mol. The van der Waals surface area contributed by atoms with Crippen LogP contribution < -0.4 is 0 Å². The van der Waals surface area contributed by atoms with Crippen LogP contribution in [-0.2, 0) is 4.74 Å². The second kappa shape index (κ2) is 2.50. The molecule has 74 valence electrons. The Hall–Kier alpha value is -0.0400. The van der Waals surface area contributed by atoms with E-state index >= 15 is 0 Å². The highest BCUT2D eigenvalue weighted by Gasteiger charge is 2.69. The van der Waals surface area contributed by atoms with Gasteiger partial charge >= 0.3 is 0 Å². The van der Waals surface area contributed by atoms with Gasteiger partial charge in [0.05, 0.1) is 0 Å². The maximum absolute atomic E-state index is 5.58. The molecule has 3 saturated carbocycles. The average molecular weight is 180 g/mol. The molecular formula is C12H20O. The molecule has 0 spiro atoms. The van der Waals surface area contributed by atoms with Crippen LogP contribution >= 0.6 is 0 Å². The van der Waals surface area contributed by atoms with E-state index in [9.17, 15) is 0 Å². The highest BCUT2D eigenvalue weighted by Crippen LogP contribution is 2.75. The summed E-state index contributed by atoms with van der Waals surface area (Å²) in [5.74, 6) is 4.12. The average Bonchev–Trinajstić information content (AvgIpc) is 2.38. The molecule has 3 aliphatic rings. The maximum atomic E-state index is 5.58. The predicted molar refractivity (Wildman–Crippen MR) is 52.4 cm³/mol. The molecule has 0 saturated heterocycles. The van der Waals surface area contributed by atoms with Crippen molar-refractivity contribution in [1.82, 2.24) is 0 Å². The molecule has 1 nitrogen and oxygen atoms in total. The molecule has 0 heterocycles. The van der Waals surface area contributed by atoms with Crippen molar-refractivity contribution in [2.45, 2.75) is 33.1 Å². The number of hydrogen-bond donors (Lipinski definition) is 0. The van der Waals surface area contributed by atoms with E-state index in [0.717, 1.165) is 42.3 Å². The van der Waals surface area contributed by atoms with E-state index in [1.54, 1.807) is 0 Å². The summed E-state index contributed by atoms with van der Waals surface area (Å²) in [5.41, 5.74) is 0.780. The Morgan fingerprint density at radius 3 is 2.62 bits per heavy atom. The van der Waals surface area contributed by atoms with Crippen molar-refractivity contribution in [3.63, 3.8) is 0 Å². The highest BCUT2D eigenvalue weighted by atomic mass is 16.5. The summed E-state index contributed by atoms with van der Waals surface area (Å²) in [6.07, 6.45) is 4.53. The molecule has 0 amide bonds. The van der Waals surface area contributed by atoms with Crippen molar-refractivity contribution >= 4 is 0 Å². The number of hydrogen-bond acceptors (Lipinski definition) is 1. The van der Waals surface area contributed by atoms with Crippen LogP contribution in [0.3, 0.4) is 0 Å². The summed E-state index contributed by atoms with van der Waals surface area (Å²) in [7, 11) is 0. The molecule has 5 unspecified atom stereocenters. The fraction of sp³-hybridized carbons (Fsp3) is 1.00. The van der Waals surface area contributed by atoms with Crippen LogP contribution in [0, 0.1) is 29.1 Å². The molecule has 0 aromatic rings. The third-order valence-corrected chi connectivity index (χ3v) is 5.36. The first-order chi connectivity index (χ1) is 6.26. The lowest BCUT2D eigenvalue weighted by molar-refractivity contribution is -0.152. The standard InChI is InChI=1S/C12H20O/c1-3-13-7-8-4-9-5-10-6-11(8)12(9,10)2/h8-11H,3-7H2,1-2H3. The number of ether oxygens (including phenoxy) is 1. The molecule has 3 aliphatic carbocycles. The Balaban J connectivity index is 1.67. The van der Waals surface area contributed by atoms with Crippen LogP contribution in [0.15, 0.2) is 0 Å². The Bertz CT molecular complexity index is 225. The van der Waals surface area contributed by atoms with Gasteiger partial charge in [0.2, 0.25) is 0 Å². The largest absolute Gasteiger partial charge is 0.381 e. The summed E-state index contributed by atoms with van der Waals surface area (Å²) in [6, 6.07) is 0. The van der Waals surface area contributed by atoms with E-state index in [0.29, 0.717) is 0 Å². The van der Waals surface area contributed by atoms with Crippen LogP contribution in [0.4, 0.5) is 0 Å². The molecule has 3 fully saturated rings. The molecule has 13 heavy (non-hydrogen) atoms. The summed E-state index contributed by atoms with van der Waals surface area (Å²) in [6.45, 7) is 6.58. The Labute approximate surface area is 80.8 Å². The van der Waals surface area contributed by atoms with Crippen LogP contribution in [-0.4, -0.2) is 13.2 Å². The van der Waals surface area contributed by atoms with Crippen LogP contribution in [0.25, 0.3) is 0 Å². The van der Waals surface area contributed by atoms with E-state index in [4.69, 9.17) is 4.74 Å². The lowest BCUT2D eigenvalue weighted by Gasteiger charge is -2.63. The van der Waals surface area contributed by atoms with Gasteiger partial charge in [-0.25, -0.2) is 0 Å². The Morgan fingerprint density at radius 1 is 1.23 bits per heavy atom. The van der Waals surface area contributed by atoms with E-state index in [1.165, 1.54) is 19.3 Å². The van der Waals surface area contributed by atoms with Gasteiger partial charge < -0.3 is 4.74 Å². The van der Waals surface area contributed by atoms with E-state index in [-0.39, 0.29) is 0 Å². The van der Waals surface area contributed by atoms with Crippen molar-refractivity contribution in [2.75, 3.05) is 13.2 Å². The highest BCUT2D eigenvalue weighted by molar-refractivity contribution is 5.17. The van der Waals surface area contributed by atoms with Crippen molar-refractivity contribution in [2.24, 2.45) is 29.1 Å². The molecule has 1 heteroatoms. The lowest BCUT2D eigenvalue weighted by Crippen LogP contribution is -2.57. The van der Waals surface area contributed by atoms with E-state index in [2.05, 4.69) is 13.8 Å². The van der Waals surface area contributed by atoms with Gasteiger partial charge in [0.15, 0.2) is 0 Å². The van der Waals surface area contributed by atoms with Gasteiger partial charge in [0, 0.05) is 13.2 Å². The molecule has 0 aromatic heterocycles. The second-order valence-corrected chi connectivity index (χ2v) is 5.49. The van der Waals surface area contributed by atoms with Gasteiger partial charge in [0.1, 0.15) is 0 Å². The first kappa shape index (κ1) is 8.28. The Morgan fingerprint density at radius 2 is 2.00 bits per heavy atom. The predicted octanol–water partition coefficient (Wildman–Crippen LogP) is 2.71. The molecule has 0 aliphatic heterocycles. The topological polar surface area (TPSA) is 9.23 Å². The Kier molecular flexibility index (Phi) is 1.59. The maximum Gasteiger partial charge on any atom is 0.0497 e. The zero-order chi connectivity index (χ0) is 9.05. The summed E-state index contributed by atoms with van der Waals surface area (Å²) >= 11 is 0. The summed E-state index contributed by atoms with van der Waals surface area (Å²) < 4.78 is 5.58. The molecule has 0 N–H and O–H groups in total. The van der Waals surface area contributed by atoms with Crippen LogP contribution in [0.5, 0.6) is 0 Å². The van der Waals surface area contributed by atoms with Crippen molar-refractivity contribution in [3.05, 3.63) is 0 Å². The van der Waals surface area contributed by atoms with E-state index in [1.807, 2.05) is 0 Å². The third-order valence-electron chi connectivity index (χ3n) is 5.36. The first-order valence-electron chi connectivity index (χ1n) is 5.84. The normalized spacial score (nSPS) is 56.8. The van der Waals surface area contributed by atoms with E-state index < -0.39 is 0 Å². The third kappa shape index (κ3) is 0.823. The SMILES string of the molecule is CCOCC1CC2CC3CC1C23C.